The van der Waals surface area contributed by atoms with Crippen LogP contribution in [-0.2, 0) is 22.3 Å². The van der Waals surface area contributed by atoms with Crippen LogP contribution in [0.2, 0.25) is 0 Å². The van der Waals surface area contributed by atoms with Crippen LogP contribution in [-0.4, -0.2) is 40.1 Å². The molecule has 24 heavy (non-hydrogen) atoms. The molecule has 130 valence electrons. The highest BCUT2D eigenvalue weighted by Crippen LogP contribution is 2.68. The van der Waals surface area contributed by atoms with E-state index in [1.54, 1.807) is 0 Å². The van der Waals surface area contributed by atoms with Crippen molar-refractivity contribution >= 4 is 11.9 Å². The van der Waals surface area contributed by atoms with Gasteiger partial charge in [0.2, 0.25) is 0 Å². The largest absolute Gasteiger partial charge is 0.481 e. The van der Waals surface area contributed by atoms with E-state index in [-0.39, 0.29) is 31.6 Å². The molecule has 0 bridgehead atoms. The average molecular weight is 347 g/mol. The molecule has 2 fully saturated rings. The van der Waals surface area contributed by atoms with E-state index >= 15 is 0 Å². The topological polar surface area (TPSA) is 77.8 Å². The summed E-state index contributed by atoms with van der Waals surface area (Å²) in [6.45, 7) is -0.721. The first-order valence-electron chi connectivity index (χ1n) is 7.07. The van der Waals surface area contributed by atoms with Crippen molar-refractivity contribution in [1.29, 1.82) is 0 Å². The molecular formula is C15H13F4NO4. The maximum atomic E-state index is 13.6. The standard InChI is InChI=1S/C15H13F4NO4/c16-9-3-1-2-8(10(9)15(17,18)19)4-20-6-13(11(21)22)5-14(13,7-20)12(23)24/h1-3H,4-7H2,(H,21,22)(H,23,24)/t13-,14+. The number of carbonyl (C=O) groups is 2. The van der Waals surface area contributed by atoms with Gasteiger partial charge in [0.1, 0.15) is 5.82 Å². The van der Waals surface area contributed by atoms with Crippen LogP contribution >= 0.6 is 0 Å². The van der Waals surface area contributed by atoms with Gasteiger partial charge in [-0.15, -0.1) is 0 Å². The Kier molecular flexibility index (Phi) is 3.42. The number of halogens is 4. The van der Waals surface area contributed by atoms with Crippen molar-refractivity contribution in [1.82, 2.24) is 4.90 Å². The van der Waals surface area contributed by atoms with Gasteiger partial charge in [0.15, 0.2) is 0 Å². The molecule has 1 saturated heterocycles. The molecule has 0 radical (unpaired) electrons. The van der Waals surface area contributed by atoms with Gasteiger partial charge in [0.25, 0.3) is 0 Å². The Balaban J connectivity index is 1.89. The van der Waals surface area contributed by atoms with E-state index in [4.69, 9.17) is 0 Å². The van der Waals surface area contributed by atoms with Crippen LogP contribution in [0.5, 0.6) is 0 Å². The monoisotopic (exact) mass is 347 g/mol. The fourth-order valence-electron chi connectivity index (χ4n) is 3.77. The smallest absolute Gasteiger partial charge is 0.419 e. The molecule has 0 aromatic heterocycles. The molecule has 1 aliphatic heterocycles. The Labute approximate surface area is 133 Å². The lowest BCUT2D eigenvalue weighted by Gasteiger charge is -2.22. The van der Waals surface area contributed by atoms with Gasteiger partial charge in [-0.25, -0.2) is 4.39 Å². The maximum Gasteiger partial charge on any atom is 0.419 e. The Morgan fingerprint density at radius 1 is 1.12 bits per heavy atom. The Hall–Kier alpha value is -2.16. The molecule has 0 amide bonds. The first-order chi connectivity index (χ1) is 11.0. The van der Waals surface area contributed by atoms with E-state index < -0.39 is 40.3 Å². The van der Waals surface area contributed by atoms with Crippen molar-refractivity contribution in [3.63, 3.8) is 0 Å². The molecule has 5 nitrogen and oxygen atoms in total. The molecule has 2 N–H and O–H groups in total. The maximum absolute atomic E-state index is 13.6. The lowest BCUT2D eigenvalue weighted by Crippen LogP contribution is -2.29. The number of benzene rings is 1. The summed E-state index contributed by atoms with van der Waals surface area (Å²) in [4.78, 5) is 24.2. The highest BCUT2D eigenvalue weighted by molar-refractivity contribution is 5.94. The third kappa shape index (κ3) is 2.18. The lowest BCUT2D eigenvalue weighted by molar-refractivity contribution is -0.151. The summed E-state index contributed by atoms with van der Waals surface area (Å²) >= 11 is 0. The summed E-state index contributed by atoms with van der Waals surface area (Å²) in [5, 5.41) is 18.6. The van der Waals surface area contributed by atoms with Crippen molar-refractivity contribution in [3.05, 3.63) is 35.1 Å². The van der Waals surface area contributed by atoms with Gasteiger partial charge in [-0.3, -0.25) is 14.5 Å². The number of carboxylic acids is 2. The van der Waals surface area contributed by atoms with E-state index in [0.29, 0.717) is 6.07 Å². The Morgan fingerprint density at radius 3 is 2.12 bits per heavy atom. The van der Waals surface area contributed by atoms with Crippen molar-refractivity contribution < 1.29 is 37.4 Å². The van der Waals surface area contributed by atoms with Gasteiger partial charge in [0, 0.05) is 19.6 Å². The van der Waals surface area contributed by atoms with Crippen molar-refractivity contribution in [3.8, 4) is 0 Å². The number of carboxylic acid groups (broad SMARTS) is 2. The van der Waals surface area contributed by atoms with Crippen LogP contribution in [0.4, 0.5) is 17.6 Å². The van der Waals surface area contributed by atoms with Crippen molar-refractivity contribution in [2.75, 3.05) is 13.1 Å². The summed E-state index contributed by atoms with van der Waals surface area (Å²) in [5.74, 6) is -3.96. The minimum atomic E-state index is -4.89. The van der Waals surface area contributed by atoms with E-state index in [1.165, 1.54) is 4.90 Å². The van der Waals surface area contributed by atoms with Crippen LogP contribution in [0.1, 0.15) is 17.5 Å². The lowest BCUT2D eigenvalue weighted by atomic mass is 9.97. The summed E-state index contributed by atoms with van der Waals surface area (Å²) < 4.78 is 52.7. The second-order valence-corrected chi connectivity index (χ2v) is 6.37. The minimum absolute atomic E-state index is 0.0452. The number of fused-ring (bicyclic) bond motifs is 1. The molecule has 0 spiro atoms. The molecule has 9 heteroatoms. The second-order valence-electron chi connectivity index (χ2n) is 6.37. The molecule has 2 atom stereocenters. The normalized spacial score (nSPS) is 29.3. The van der Waals surface area contributed by atoms with E-state index in [2.05, 4.69) is 0 Å². The van der Waals surface area contributed by atoms with Gasteiger partial charge in [-0.1, -0.05) is 12.1 Å². The molecule has 1 aromatic carbocycles. The summed E-state index contributed by atoms with van der Waals surface area (Å²) in [6, 6.07) is 2.94. The van der Waals surface area contributed by atoms with E-state index in [9.17, 15) is 37.4 Å². The zero-order chi connectivity index (χ0) is 17.9. The number of alkyl halides is 3. The number of nitrogens with zero attached hydrogens (tertiary/aromatic N) is 1. The molecule has 3 rings (SSSR count). The number of aliphatic carboxylic acids is 2. The second kappa shape index (κ2) is 4.92. The van der Waals surface area contributed by atoms with Gasteiger partial charge >= 0.3 is 18.1 Å². The highest BCUT2D eigenvalue weighted by Gasteiger charge is 2.80. The number of likely N-dealkylation sites (tertiary alicyclic amines) is 1. The molecule has 1 saturated carbocycles. The number of hydrogen-bond donors (Lipinski definition) is 2. The number of piperidine rings is 1. The van der Waals surface area contributed by atoms with Crippen LogP contribution < -0.4 is 0 Å². The SMILES string of the molecule is O=C(O)[C@@]12CN(Cc3cccc(F)c3C(F)(F)F)C[C@]1(C(=O)O)C2. The van der Waals surface area contributed by atoms with Gasteiger partial charge in [-0.05, 0) is 18.1 Å². The average Bonchev–Trinajstić information content (AvgIpc) is 2.97. The van der Waals surface area contributed by atoms with Gasteiger partial charge < -0.3 is 10.2 Å². The molecule has 1 heterocycles. The van der Waals surface area contributed by atoms with Crippen LogP contribution in [0.15, 0.2) is 18.2 Å². The van der Waals surface area contributed by atoms with Gasteiger partial charge in [0.05, 0.1) is 16.4 Å². The first kappa shape index (κ1) is 16.7. The third-order valence-corrected chi connectivity index (χ3v) is 4.98. The number of rotatable bonds is 4. The third-order valence-electron chi connectivity index (χ3n) is 4.98. The van der Waals surface area contributed by atoms with Crippen LogP contribution in [0.25, 0.3) is 0 Å². The van der Waals surface area contributed by atoms with Crippen molar-refractivity contribution in [2.24, 2.45) is 10.8 Å². The predicted molar refractivity (Wildman–Crippen MR) is 71.4 cm³/mol. The summed E-state index contributed by atoms with van der Waals surface area (Å²) in [7, 11) is 0. The molecule has 2 aliphatic rings. The fraction of sp³-hybridized carbons (Fsp3) is 0.467. The van der Waals surface area contributed by atoms with Crippen LogP contribution in [0.3, 0.4) is 0 Å². The summed E-state index contributed by atoms with van der Waals surface area (Å²) in [5.41, 5.74) is -4.71. The van der Waals surface area contributed by atoms with E-state index in [0.717, 1.165) is 12.1 Å². The molecule has 1 aromatic rings. The van der Waals surface area contributed by atoms with Crippen LogP contribution in [0, 0.1) is 16.6 Å². The highest BCUT2D eigenvalue weighted by atomic mass is 19.4. The van der Waals surface area contributed by atoms with Crippen molar-refractivity contribution in [2.45, 2.75) is 19.1 Å². The molecule has 1 aliphatic carbocycles. The quantitative estimate of drug-likeness (QED) is 0.817. The Morgan fingerprint density at radius 2 is 1.67 bits per heavy atom. The summed E-state index contributed by atoms with van der Waals surface area (Å²) in [6.07, 6.45) is -4.94. The first-order valence-corrected chi connectivity index (χ1v) is 7.07. The Bertz CT molecular complexity index is 707. The van der Waals surface area contributed by atoms with E-state index in [1.807, 2.05) is 0 Å². The zero-order valence-electron chi connectivity index (χ0n) is 12.2. The molecular weight excluding hydrogens is 334 g/mol. The number of hydrogen-bond acceptors (Lipinski definition) is 3. The minimum Gasteiger partial charge on any atom is -0.481 e. The van der Waals surface area contributed by atoms with Gasteiger partial charge in [-0.2, -0.15) is 13.2 Å². The molecule has 0 unspecified atom stereocenters. The zero-order valence-corrected chi connectivity index (χ0v) is 12.2. The fourth-order valence-corrected chi connectivity index (χ4v) is 3.77. The predicted octanol–water partition coefficient (Wildman–Crippen LogP) is 2.21.